The lowest BCUT2D eigenvalue weighted by molar-refractivity contribution is -0.385. The number of methoxy groups -OCH3 is 3. The first-order valence-electron chi connectivity index (χ1n) is 32.0. The van der Waals surface area contributed by atoms with Crippen molar-refractivity contribution in [2.75, 3.05) is 79.8 Å². The molecule has 3 heterocycles. The van der Waals surface area contributed by atoms with Crippen molar-refractivity contribution in [3.05, 3.63) is 86.3 Å². The maximum absolute atomic E-state index is 14.1. The van der Waals surface area contributed by atoms with Crippen LogP contribution < -0.4 is 52.4 Å². The monoisotopic (exact) mass is 1320 g/mol. The van der Waals surface area contributed by atoms with Crippen LogP contribution in [0.4, 0.5) is 15.3 Å². The van der Waals surface area contributed by atoms with Gasteiger partial charge < -0.3 is 81.2 Å². The number of ether oxygens (including phenoxy) is 7. The standard InChI is InChI=1S/C65H97N9O18S/c1-39-32-45-58(49(75)36-46(61(45)80)71-63(81)40(2)18-14-19-50(86-6)62(92-64(66)82)42(4)34-41(3)60(79)53(33-39)88-8)69-26-17-28-90-31-30-89-27-16-25-68-56(77)23-15-29-91-52-37-48(74(84)85)44(35-51(52)87-7)43(5)70-57(78)22-10-9-13-24-67-55(76)21-12-11-20-54-59-47(38-93-54)72-65(83)73-59/h14,18-19,34-37,39,41,43,47,50,53-54,59-60,62,69,79H,9-13,15-17,20-33,38H2,1-8H3,(H2,66,82)(H,67,76)(H,68,77)(H,70,78)(H,71,81)(H2,72,73,83)/b19-14-,40-18+,42-34+/t39-,41+,43?,47?,50?,53+,54+,59?,60-,62+/m0/s1. The molecule has 0 aromatic heterocycles. The highest BCUT2D eigenvalue weighted by Gasteiger charge is 2.43. The quantitative estimate of drug-likeness (QED) is 0.00991. The number of aliphatic hydroxyl groups is 1. The number of hydrogen-bond acceptors (Lipinski definition) is 20. The van der Waals surface area contributed by atoms with Gasteiger partial charge in [-0.2, -0.15) is 11.8 Å². The van der Waals surface area contributed by atoms with E-state index in [0.717, 1.165) is 31.1 Å². The number of thioether (sulfide) groups is 1. The average Bonchev–Trinajstić information content (AvgIpc) is 1.35. The number of nitro groups is 1. The molecule has 1 aromatic rings. The van der Waals surface area contributed by atoms with E-state index in [2.05, 4.69) is 37.2 Å². The van der Waals surface area contributed by atoms with Crippen molar-refractivity contribution >= 4 is 64.8 Å². The molecule has 7 amide bonds. The number of benzene rings is 1. The maximum Gasteiger partial charge on any atom is 0.405 e. The van der Waals surface area contributed by atoms with E-state index in [1.54, 1.807) is 32.9 Å². The summed E-state index contributed by atoms with van der Waals surface area (Å²) in [6, 6.07) is 2.25. The second-order valence-electron chi connectivity index (χ2n) is 23.7. The average molecular weight is 1320 g/mol. The first-order valence-corrected chi connectivity index (χ1v) is 33.1. The molecular formula is C65H97N9O18S. The first kappa shape index (κ1) is 76.3. The minimum absolute atomic E-state index is 0.00754. The molecule has 5 rings (SSSR count). The highest BCUT2D eigenvalue weighted by atomic mass is 32.2. The molecule has 1 aromatic carbocycles. The van der Waals surface area contributed by atoms with Crippen LogP contribution in [0.25, 0.3) is 0 Å². The van der Waals surface area contributed by atoms with Crippen LogP contribution in [0.5, 0.6) is 11.5 Å². The minimum Gasteiger partial charge on any atom is -0.493 e. The first-order chi connectivity index (χ1) is 44.5. The molecule has 27 nitrogen and oxygen atoms in total. The van der Waals surface area contributed by atoms with Gasteiger partial charge in [0.05, 0.1) is 85.2 Å². The van der Waals surface area contributed by atoms with Crippen LogP contribution >= 0.6 is 11.8 Å². The van der Waals surface area contributed by atoms with E-state index in [1.807, 2.05) is 18.7 Å². The molecule has 10 N–H and O–H groups in total. The predicted molar refractivity (Wildman–Crippen MR) is 348 cm³/mol. The Labute approximate surface area is 548 Å². The van der Waals surface area contributed by atoms with Crippen molar-refractivity contribution in [2.45, 2.75) is 172 Å². The Morgan fingerprint density at radius 2 is 1.51 bits per heavy atom. The Balaban J connectivity index is 0.956. The highest BCUT2D eigenvalue weighted by molar-refractivity contribution is 8.00. The summed E-state index contributed by atoms with van der Waals surface area (Å²) in [6.45, 7) is 11.0. The molecule has 93 heavy (non-hydrogen) atoms. The molecule has 2 saturated heterocycles. The summed E-state index contributed by atoms with van der Waals surface area (Å²) in [7, 11) is 4.29. The Morgan fingerprint density at radius 1 is 0.828 bits per heavy atom. The van der Waals surface area contributed by atoms with Crippen LogP contribution in [0, 0.1) is 22.0 Å². The zero-order chi connectivity index (χ0) is 68.0. The molecule has 28 heteroatoms. The zero-order valence-electron chi connectivity index (χ0n) is 54.9. The molecule has 0 radical (unpaired) electrons. The van der Waals surface area contributed by atoms with Crippen LogP contribution in [0.15, 0.2) is 70.6 Å². The summed E-state index contributed by atoms with van der Waals surface area (Å²) in [5, 5.41) is 44.3. The lowest BCUT2D eigenvalue weighted by Crippen LogP contribution is -2.38. The van der Waals surface area contributed by atoms with Crippen molar-refractivity contribution < 1.29 is 81.5 Å². The normalized spacial score (nSPS) is 24.5. The topological polar surface area (TPSA) is 375 Å². The number of unbranched alkanes of at least 4 members (excludes halogenated alkanes) is 3. The smallest absolute Gasteiger partial charge is 0.405 e. The number of fused-ring (bicyclic) bond motifs is 3. The lowest BCUT2D eigenvalue weighted by atomic mass is 9.85. The minimum atomic E-state index is -1.03. The number of primary amides is 1. The van der Waals surface area contributed by atoms with Gasteiger partial charge in [-0.05, 0) is 96.1 Å². The Hall–Kier alpha value is -7.37. The van der Waals surface area contributed by atoms with Crippen LogP contribution in [0.3, 0.4) is 0 Å². The number of Topliss-reactive ketones (excluding diaryl/α,β-unsaturated/α-hetero) is 1. The van der Waals surface area contributed by atoms with Crippen molar-refractivity contribution in [1.29, 1.82) is 0 Å². The Bertz CT molecular complexity index is 2900. The molecule has 1 aliphatic carbocycles. The number of urea groups is 1. The number of nitrogens with two attached hydrogens (primary N) is 1. The molecule has 10 atom stereocenters. The third kappa shape index (κ3) is 25.1. The number of nitro benzene ring substituents is 1. The Morgan fingerprint density at radius 3 is 2.18 bits per heavy atom. The predicted octanol–water partition coefficient (Wildman–Crippen LogP) is 5.64. The van der Waals surface area contributed by atoms with Gasteiger partial charge in [-0.3, -0.25) is 38.9 Å². The summed E-state index contributed by atoms with van der Waals surface area (Å²) in [5.74, 6) is -1.69. The number of carbonyl (C=O) groups excluding carboxylic acids is 8. The molecule has 0 spiro atoms. The van der Waals surface area contributed by atoms with Crippen molar-refractivity contribution in [3.63, 3.8) is 0 Å². The summed E-state index contributed by atoms with van der Waals surface area (Å²) in [6.07, 6.45) is 9.96. The highest BCUT2D eigenvalue weighted by Crippen LogP contribution is 2.38. The number of amides is 7. The molecular weight excluding hydrogens is 1230 g/mol. The number of carbonyl (C=O) groups is 8. The van der Waals surface area contributed by atoms with Crippen LogP contribution in [0.2, 0.25) is 0 Å². The molecule has 3 aliphatic heterocycles. The van der Waals surface area contributed by atoms with Gasteiger partial charge in [-0.1, -0.05) is 51.0 Å². The largest absolute Gasteiger partial charge is 0.493 e. The fourth-order valence-corrected chi connectivity index (χ4v) is 12.8. The molecule has 516 valence electrons. The molecule has 2 fully saturated rings. The van der Waals surface area contributed by atoms with E-state index < -0.39 is 64.9 Å². The SMILES string of the molecule is COc1cc(C(C)NC(=O)CCCCCNC(=O)CCCC[C@H]2SCC3NC(=O)NC32)c([N+](=O)[O-])cc1OCCCC(=O)NCCCOCCOCCCNC1=C2C[C@H](C)C[C@@H](OC)[C@@H](O)[C@H](C)/C=C(\C)[C@@H](OC(N)=O)C(OC)/C=C\C=C(/C)C(=O)NC(=CC1=O)C2=O. The van der Waals surface area contributed by atoms with Crippen molar-refractivity contribution in [1.82, 2.24) is 37.2 Å². The molecule has 0 saturated carbocycles. The number of nitrogens with zero attached hydrogens (tertiary/aromatic N) is 1. The van der Waals surface area contributed by atoms with Gasteiger partial charge in [-0.25, -0.2) is 9.59 Å². The van der Waals surface area contributed by atoms with Gasteiger partial charge in [-0.15, -0.1) is 0 Å². The van der Waals surface area contributed by atoms with Gasteiger partial charge >= 0.3 is 12.1 Å². The lowest BCUT2D eigenvalue weighted by Gasteiger charge is -2.30. The van der Waals surface area contributed by atoms with Crippen molar-refractivity contribution in [3.8, 4) is 11.5 Å². The number of aliphatic hydroxyl groups excluding tert-OH is 1. The van der Waals surface area contributed by atoms with E-state index in [0.29, 0.717) is 88.7 Å². The zero-order valence-corrected chi connectivity index (χ0v) is 55.7. The van der Waals surface area contributed by atoms with E-state index in [4.69, 9.17) is 38.9 Å². The van der Waals surface area contributed by atoms with E-state index in [9.17, 15) is 53.6 Å². The summed E-state index contributed by atoms with van der Waals surface area (Å²) in [5.41, 5.74) is 6.24. The van der Waals surface area contributed by atoms with Crippen LogP contribution in [-0.2, 0) is 52.5 Å². The van der Waals surface area contributed by atoms with Gasteiger partial charge in [0.15, 0.2) is 17.6 Å². The molecule has 4 aliphatic rings. The second-order valence-corrected chi connectivity index (χ2v) is 25.0. The van der Waals surface area contributed by atoms with Gasteiger partial charge in [0.1, 0.15) is 6.10 Å². The summed E-state index contributed by atoms with van der Waals surface area (Å²) >= 11 is 1.86. The molecule has 2 bridgehead atoms. The van der Waals surface area contributed by atoms with E-state index in [1.165, 1.54) is 52.5 Å². The van der Waals surface area contributed by atoms with Gasteiger partial charge in [0, 0.05) is 100 Å². The fourth-order valence-electron chi connectivity index (χ4n) is 11.3. The van der Waals surface area contributed by atoms with Crippen LogP contribution in [-0.4, -0.2) is 179 Å². The molecule has 4 unspecified atom stereocenters. The third-order valence-corrected chi connectivity index (χ3v) is 17.9. The fraction of sp³-hybridized carbons (Fsp3) is 0.631. The number of rotatable bonds is 35. The van der Waals surface area contributed by atoms with Crippen LogP contribution in [0.1, 0.15) is 136 Å². The Kier molecular flexibility index (Phi) is 32.8. The van der Waals surface area contributed by atoms with E-state index in [-0.39, 0.29) is 132 Å². The number of ketones is 2. The number of nitrogens with one attached hydrogen (secondary N) is 7. The summed E-state index contributed by atoms with van der Waals surface area (Å²) in [4.78, 5) is 114. The second kappa shape index (κ2) is 40.0. The van der Waals surface area contributed by atoms with Gasteiger partial charge in [0.25, 0.3) is 11.6 Å². The van der Waals surface area contributed by atoms with Crippen molar-refractivity contribution in [2.24, 2.45) is 17.6 Å². The summed E-state index contributed by atoms with van der Waals surface area (Å²) < 4.78 is 39.6. The maximum atomic E-state index is 14.1. The van der Waals surface area contributed by atoms with E-state index >= 15 is 0 Å². The number of allylic oxidation sites excluding steroid dienone is 4. The number of hydrogen-bond donors (Lipinski definition) is 9. The van der Waals surface area contributed by atoms with Gasteiger partial charge in [0.2, 0.25) is 29.3 Å². The third-order valence-electron chi connectivity index (χ3n) is 16.4.